The summed E-state index contributed by atoms with van der Waals surface area (Å²) in [6.45, 7) is 7.80. The Hall–Kier alpha value is -3.68. The SMILES string of the molecule is CCOC(=O)c1cn(C2C[C@@H]2F)c2c(C#N)c(N3CC[C@@H](C4(NC(=O)OC(C)(C)C)CC4)C3)c(F)cc2c1=O. The summed E-state index contributed by atoms with van der Waals surface area (Å²) in [7, 11) is 0. The quantitative estimate of drug-likeness (QED) is 0.540. The lowest BCUT2D eigenvalue weighted by atomic mass is 9.96. The fraction of sp³-hybridized carbons (Fsp3) is 0.571. The van der Waals surface area contributed by atoms with Gasteiger partial charge in [-0.25, -0.2) is 18.4 Å². The molecule has 0 radical (unpaired) electrons. The summed E-state index contributed by atoms with van der Waals surface area (Å²) in [6.07, 6.45) is 1.86. The van der Waals surface area contributed by atoms with Crippen LogP contribution in [-0.4, -0.2) is 53.6 Å². The van der Waals surface area contributed by atoms with Gasteiger partial charge in [0.1, 0.15) is 34.8 Å². The number of anilines is 1. The van der Waals surface area contributed by atoms with Crippen molar-refractivity contribution < 1.29 is 27.8 Å². The van der Waals surface area contributed by atoms with E-state index in [1.807, 2.05) is 0 Å². The predicted molar refractivity (Wildman–Crippen MR) is 139 cm³/mol. The number of alkyl halides is 1. The Balaban J connectivity index is 1.52. The first-order valence-electron chi connectivity index (χ1n) is 13.3. The highest BCUT2D eigenvalue weighted by Crippen LogP contribution is 2.48. The number of alkyl carbamates (subject to hydrolysis) is 1. The second-order valence-corrected chi connectivity index (χ2v) is 11.6. The Morgan fingerprint density at radius 1 is 1.31 bits per heavy atom. The fourth-order valence-electron chi connectivity index (χ4n) is 5.64. The van der Waals surface area contributed by atoms with E-state index in [0.29, 0.717) is 19.5 Å². The van der Waals surface area contributed by atoms with Crippen molar-refractivity contribution in [1.82, 2.24) is 9.88 Å². The zero-order valence-electron chi connectivity index (χ0n) is 22.5. The molecule has 1 aromatic heterocycles. The van der Waals surface area contributed by atoms with Crippen molar-refractivity contribution in [2.45, 2.75) is 76.7 Å². The molecule has 2 heterocycles. The molecule has 3 atom stereocenters. The molecule has 2 aliphatic carbocycles. The van der Waals surface area contributed by atoms with Crippen LogP contribution in [0.3, 0.4) is 0 Å². The number of carbonyl (C=O) groups is 2. The summed E-state index contributed by atoms with van der Waals surface area (Å²) >= 11 is 0. The van der Waals surface area contributed by atoms with E-state index in [1.54, 1.807) is 32.6 Å². The van der Waals surface area contributed by atoms with E-state index in [1.165, 1.54) is 10.8 Å². The van der Waals surface area contributed by atoms with E-state index in [0.717, 1.165) is 18.9 Å². The number of nitrogens with one attached hydrogen (secondary N) is 1. The van der Waals surface area contributed by atoms with Gasteiger partial charge >= 0.3 is 12.1 Å². The van der Waals surface area contributed by atoms with Gasteiger partial charge in [-0.05, 0) is 53.0 Å². The monoisotopic (exact) mass is 542 g/mol. The molecule has 1 amide bonds. The summed E-state index contributed by atoms with van der Waals surface area (Å²) in [4.78, 5) is 39.9. The zero-order chi connectivity index (χ0) is 28.3. The fourth-order valence-corrected chi connectivity index (χ4v) is 5.64. The van der Waals surface area contributed by atoms with Gasteiger partial charge in [0, 0.05) is 37.2 Å². The van der Waals surface area contributed by atoms with Crippen molar-refractivity contribution in [3.05, 3.63) is 39.4 Å². The van der Waals surface area contributed by atoms with E-state index >= 15 is 4.39 Å². The van der Waals surface area contributed by atoms with Gasteiger partial charge in [0.25, 0.3) is 0 Å². The lowest BCUT2D eigenvalue weighted by molar-refractivity contribution is 0.0475. The highest BCUT2D eigenvalue weighted by molar-refractivity contribution is 5.97. The molecule has 208 valence electrons. The Morgan fingerprint density at radius 3 is 2.56 bits per heavy atom. The Labute approximate surface area is 224 Å². The lowest BCUT2D eigenvalue weighted by Gasteiger charge is -2.28. The second-order valence-electron chi connectivity index (χ2n) is 11.6. The average molecular weight is 543 g/mol. The molecule has 0 bridgehead atoms. The van der Waals surface area contributed by atoms with E-state index in [-0.39, 0.29) is 46.7 Å². The molecule has 5 rings (SSSR count). The number of halogens is 2. The summed E-state index contributed by atoms with van der Waals surface area (Å²) in [6, 6.07) is 2.41. The molecule has 39 heavy (non-hydrogen) atoms. The van der Waals surface area contributed by atoms with Crippen molar-refractivity contribution in [3.8, 4) is 6.07 Å². The first kappa shape index (κ1) is 26.9. The number of aromatic nitrogens is 1. The molecule has 9 nitrogen and oxygen atoms in total. The highest BCUT2D eigenvalue weighted by atomic mass is 19.1. The van der Waals surface area contributed by atoms with Crippen LogP contribution in [-0.2, 0) is 9.47 Å². The van der Waals surface area contributed by atoms with Gasteiger partial charge < -0.3 is 24.3 Å². The Kier molecular flexibility index (Phi) is 6.56. The molecule has 0 spiro atoms. The average Bonchev–Trinajstić information content (AvgIpc) is 3.73. The summed E-state index contributed by atoms with van der Waals surface area (Å²) in [5, 5.41) is 13.0. The number of fused-ring (bicyclic) bond motifs is 1. The minimum Gasteiger partial charge on any atom is -0.462 e. The maximum Gasteiger partial charge on any atom is 0.408 e. The number of ether oxygens (including phenoxy) is 2. The smallest absolute Gasteiger partial charge is 0.408 e. The number of hydrogen-bond acceptors (Lipinski definition) is 7. The molecule has 1 N–H and O–H groups in total. The summed E-state index contributed by atoms with van der Waals surface area (Å²) in [5.41, 5.74) is -2.13. The number of nitrogens with zero attached hydrogens (tertiary/aromatic N) is 3. The number of pyridine rings is 1. The standard InChI is InChI=1S/C28H32F2N4O5/c1-5-38-25(36)18-14-34(21-11-19(21)29)22-16(24(18)35)10-20(30)23(17(22)12-31)33-9-6-15(13-33)28(7-8-28)32-26(37)39-27(2,3)4/h10,14-15,19,21H,5-9,11,13H2,1-4H3,(H,32,37)/t15-,19+,21?/m1/s1. The van der Waals surface area contributed by atoms with Gasteiger partial charge in [0.05, 0.1) is 29.2 Å². The number of amides is 1. The third-order valence-corrected chi connectivity index (χ3v) is 7.71. The van der Waals surface area contributed by atoms with Gasteiger partial charge in [-0.2, -0.15) is 5.26 Å². The van der Waals surface area contributed by atoms with Crippen molar-refractivity contribution in [3.63, 3.8) is 0 Å². The van der Waals surface area contributed by atoms with Crippen molar-refractivity contribution in [1.29, 1.82) is 5.26 Å². The number of benzene rings is 1. The summed E-state index contributed by atoms with van der Waals surface area (Å²) < 4.78 is 41.8. The predicted octanol–water partition coefficient (Wildman–Crippen LogP) is 4.36. The maximum absolute atomic E-state index is 15.7. The molecule has 1 unspecified atom stereocenters. The number of rotatable bonds is 6. The molecule has 2 aromatic rings. The van der Waals surface area contributed by atoms with Crippen LogP contribution < -0.4 is 15.6 Å². The number of nitriles is 1. The molecule has 11 heteroatoms. The van der Waals surface area contributed by atoms with Crippen molar-refractivity contribution in [2.75, 3.05) is 24.6 Å². The van der Waals surface area contributed by atoms with Crippen LogP contribution in [0.5, 0.6) is 0 Å². The Bertz CT molecular complexity index is 1450. The molecule has 1 aromatic carbocycles. The van der Waals surface area contributed by atoms with Gasteiger partial charge in [-0.1, -0.05) is 0 Å². The molecule has 1 aliphatic heterocycles. The largest absolute Gasteiger partial charge is 0.462 e. The molecular weight excluding hydrogens is 510 g/mol. The van der Waals surface area contributed by atoms with Gasteiger partial charge in [-0.15, -0.1) is 0 Å². The molecule has 2 saturated carbocycles. The third-order valence-electron chi connectivity index (χ3n) is 7.71. The van der Waals surface area contributed by atoms with E-state index in [2.05, 4.69) is 11.4 Å². The third kappa shape index (κ3) is 4.92. The van der Waals surface area contributed by atoms with Crippen LogP contribution in [0.2, 0.25) is 0 Å². The van der Waals surface area contributed by atoms with Crippen LogP contribution >= 0.6 is 0 Å². The van der Waals surface area contributed by atoms with Crippen LogP contribution in [0.4, 0.5) is 19.3 Å². The minimum atomic E-state index is -1.21. The van der Waals surface area contributed by atoms with Crippen LogP contribution in [0.1, 0.15) is 75.3 Å². The normalized spacial score (nSPS) is 23.3. The molecular formula is C28H32F2N4O5. The number of carbonyl (C=O) groups excluding carboxylic acids is 2. The van der Waals surface area contributed by atoms with Gasteiger partial charge in [0.15, 0.2) is 0 Å². The van der Waals surface area contributed by atoms with E-state index in [4.69, 9.17) is 9.47 Å². The minimum absolute atomic E-state index is 0.00121. The Morgan fingerprint density at radius 2 is 2.00 bits per heavy atom. The first-order chi connectivity index (χ1) is 18.4. The number of esters is 1. The van der Waals surface area contributed by atoms with E-state index in [9.17, 15) is 24.0 Å². The molecule has 3 aliphatic rings. The number of hydrogen-bond donors (Lipinski definition) is 1. The van der Waals surface area contributed by atoms with E-state index < -0.39 is 46.7 Å². The lowest BCUT2D eigenvalue weighted by Crippen LogP contribution is -2.45. The second kappa shape index (κ2) is 9.50. The van der Waals surface area contributed by atoms with Crippen LogP contribution in [0.15, 0.2) is 17.1 Å². The summed E-state index contributed by atoms with van der Waals surface area (Å²) in [5.74, 6) is -1.66. The molecule has 1 saturated heterocycles. The molecule has 3 fully saturated rings. The van der Waals surface area contributed by atoms with Crippen LogP contribution in [0.25, 0.3) is 10.9 Å². The van der Waals surface area contributed by atoms with Crippen molar-refractivity contribution in [2.24, 2.45) is 5.92 Å². The van der Waals surface area contributed by atoms with Gasteiger partial charge in [0.2, 0.25) is 5.43 Å². The highest BCUT2D eigenvalue weighted by Gasteiger charge is 2.53. The first-order valence-corrected chi connectivity index (χ1v) is 13.3. The zero-order valence-corrected chi connectivity index (χ0v) is 22.5. The van der Waals surface area contributed by atoms with Gasteiger partial charge in [-0.3, -0.25) is 4.79 Å². The van der Waals surface area contributed by atoms with Crippen LogP contribution in [0, 0.1) is 23.1 Å². The van der Waals surface area contributed by atoms with Crippen molar-refractivity contribution >= 4 is 28.7 Å². The topological polar surface area (TPSA) is 114 Å². The maximum atomic E-state index is 15.7.